The molecule has 1 aliphatic heterocycles. The highest BCUT2D eigenvalue weighted by atomic mass is 35.5. The topological polar surface area (TPSA) is 32.3 Å². The van der Waals surface area contributed by atoms with E-state index in [0.29, 0.717) is 22.5 Å². The molecule has 0 bridgehead atoms. The van der Waals surface area contributed by atoms with Gasteiger partial charge in [-0.15, -0.1) is 12.4 Å². The van der Waals surface area contributed by atoms with E-state index in [1.165, 1.54) is 0 Å². The van der Waals surface area contributed by atoms with Gasteiger partial charge in [0.2, 0.25) is 5.91 Å². The number of nitrogens with zero attached hydrogens (tertiary/aromatic N) is 1. The lowest BCUT2D eigenvalue weighted by atomic mass is 9.88. The maximum atomic E-state index is 12.3. The van der Waals surface area contributed by atoms with E-state index >= 15 is 0 Å². The van der Waals surface area contributed by atoms with E-state index in [2.05, 4.69) is 5.32 Å². The third-order valence-electron chi connectivity index (χ3n) is 3.63. The summed E-state index contributed by atoms with van der Waals surface area (Å²) in [5.41, 5.74) is 0.951. The normalized spacial score (nSPS) is 16.0. The zero-order valence-electron chi connectivity index (χ0n) is 11.5. The van der Waals surface area contributed by atoms with E-state index in [4.69, 9.17) is 23.2 Å². The summed E-state index contributed by atoms with van der Waals surface area (Å²) < 4.78 is 0. The molecule has 1 aliphatic rings. The molecule has 0 radical (unpaired) electrons. The van der Waals surface area contributed by atoms with Gasteiger partial charge in [0.25, 0.3) is 0 Å². The molecule has 1 amide bonds. The summed E-state index contributed by atoms with van der Waals surface area (Å²) in [5, 5.41) is 4.39. The van der Waals surface area contributed by atoms with E-state index in [1.807, 2.05) is 26.1 Å². The first-order chi connectivity index (χ1) is 8.97. The molecule has 0 saturated carbocycles. The van der Waals surface area contributed by atoms with Crippen LogP contribution in [0.2, 0.25) is 10.0 Å². The second kappa shape index (κ2) is 7.51. The third-order valence-corrected chi connectivity index (χ3v) is 4.06. The van der Waals surface area contributed by atoms with Crippen LogP contribution in [0.25, 0.3) is 0 Å². The fourth-order valence-corrected chi connectivity index (χ4v) is 2.84. The molecular weight excluding hydrogens is 319 g/mol. The van der Waals surface area contributed by atoms with Gasteiger partial charge in [0.15, 0.2) is 0 Å². The maximum Gasteiger partial charge on any atom is 0.225 e. The third kappa shape index (κ3) is 4.26. The molecule has 112 valence electrons. The minimum absolute atomic E-state index is 0. The molecule has 2 rings (SSSR count). The predicted octanol–water partition coefficient (Wildman–Crippen LogP) is 3.23. The van der Waals surface area contributed by atoms with Crippen LogP contribution in [0, 0.1) is 11.8 Å². The Hall–Kier alpha value is -0.480. The summed E-state index contributed by atoms with van der Waals surface area (Å²) in [4.78, 5) is 14.0. The molecule has 1 unspecified atom stereocenters. The number of hydrogen-bond acceptors (Lipinski definition) is 2. The lowest BCUT2D eigenvalue weighted by molar-refractivity contribution is -0.136. The summed E-state index contributed by atoms with van der Waals surface area (Å²) in [6.45, 7) is 4.40. The number of amides is 1. The molecule has 1 aromatic carbocycles. The molecule has 1 fully saturated rings. The highest BCUT2D eigenvalue weighted by molar-refractivity contribution is 6.34. The summed E-state index contributed by atoms with van der Waals surface area (Å²) in [7, 11) is 1.82. The van der Waals surface area contributed by atoms with E-state index in [1.54, 1.807) is 11.0 Å². The Morgan fingerprint density at radius 1 is 1.35 bits per heavy atom. The van der Waals surface area contributed by atoms with Crippen LogP contribution in [0.4, 0.5) is 0 Å². The zero-order valence-corrected chi connectivity index (χ0v) is 13.9. The molecule has 1 atom stereocenters. The first-order valence-corrected chi connectivity index (χ1v) is 7.13. The summed E-state index contributed by atoms with van der Waals surface area (Å²) in [6.07, 6.45) is 0. The molecule has 1 N–H and O–H groups in total. The van der Waals surface area contributed by atoms with Crippen LogP contribution in [0.15, 0.2) is 18.2 Å². The summed E-state index contributed by atoms with van der Waals surface area (Å²) >= 11 is 11.9. The average molecular weight is 338 g/mol. The van der Waals surface area contributed by atoms with E-state index in [-0.39, 0.29) is 24.2 Å². The maximum absolute atomic E-state index is 12.3. The van der Waals surface area contributed by atoms with Crippen molar-refractivity contribution in [2.75, 3.05) is 20.1 Å². The monoisotopic (exact) mass is 336 g/mol. The highest BCUT2D eigenvalue weighted by Crippen LogP contribution is 2.22. The second-order valence-corrected chi connectivity index (χ2v) is 6.05. The molecular formula is C14H19Cl3N2O. The first kappa shape index (κ1) is 17.6. The van der Waals surface area contributed by atoms with Crippen molar-refractivity contribution < 1.29 is 4.79 Å². The number of carbonyl (C=O) groups is 1. The van der Waals surface area contributed by atoms with Crippen LogP contribution in [0.1, 0.15) is 12.5 Å². The van der Waals surface area contributed by atoms with Crippen molar-refractivity contribution in [2.45, 2.75) is 13.5 Å². The van der Waals surface area contributed by atoms with Gasteiger partial charge in [-0.1, -0.05) is 30.1 Å². The zero-order chi connectivity index (χ0) is 14.0. The van der Waals surface area contributed by atoms with E-state index in [9.17, 15) is 4.79 Å². The van der Waals surface area contributed by atoms with E-state index < -0.39 is 0 Å². The van der Waals surface area contributed by atoms with Crippen molar-refractivity contribution in [1.29, 1.82) is 0 Å². The highest BCUT2D eigenvalue weighted by Gasteiger charge is 2.30. The molecule has 3 nitrogen and oxygen atoms in total. The minimum Gasteiger partial charge on any atom is -0.341 e. The van der Waals surface area contributed by atoms with Crippen molar-refractivity contribution in [3.8, 4) is 0 Å². The van der Waals surface area contributed by atoms with Gasteiger partial charge >= 0.3 is 0 Å². The van der Waals surface area contributed by atoms with Gasteiger partial charge in [-0.05, 0) is 42.8 Å². The van der Waals surface area contributed by atoms with Gasteiger partial charge in [0, 0.05) is 29.6 Å². The Morgan fingerprint density at radius 2 is 1.90 bits per heavy atom. The van der Waals surface area contributed by atoms with Crippen molar-refractivity contribution in [3.05, 3.63) is 33.8 Å². The van der Waals surface area contributed by atoms with Gasteiger partial charge in [-0.2, -0.15) is 0 Å². The molecule has 1 aromatic rings. The lowest BCUT2D eigenvalue weighted by Crippen LogP contribution is -2.49. The molecule has 20 heavy (non-hydrogen) atoms. The van der Waals surface area contributed by atoms with Crippen molar-refractivity contribution >= 4 is 41.5 Å². The van der Waals surface area contributed by atoms with Crippen molar-refractivity contribution in [2.24, 2.45) is 11.8 Å². The van der Waals surface area contributed by atoms with Crippen LogP contribution >= 0.6 is 35.6 Å². The average Bonchev–Trinajstić information content (AvgIpc) is 2.23. The number of benzene rings is 1. The number of hydrogen-bond donors (Lipinski definition) is 1. The Morgan fingerprint density at radius 3 is 2.35 bits per heavy atom. The molecule has 0 aliphatic carbocycles. The fraction of sp³-hybridized carbons (Fsp3) is 0.500. The molecule has 6 heteroatoms. The Bertz CT molecular complexity index is 457. The van der Waals surface area contributed by atoms with Crippen LogP contribution in [-0.2, 0) is 11.3 Å². The first-order valence-electron chi connectivity index (χ1n) is 6.38. The van der Waals surface area contributed by atoms with Gasteiger partial charge < -0.3 is 10.2 Å². The van der Waals surface area contributed by atoms with Gasteiger partial charge in [-0.25, -0.2) is 0 Å². The Labute approximate surface area is 136 Å². The second-order valence-electron chi connectivity index (χ2n) is 5.18. The SMILES string of the molecule is CC(C(=O)N(C)Cc1cc(Cl)cc(Cl)c1)C1CNC1.Cl. The molecule has 0 spiro atoms. The summed E-state index contributed by atoms with van der Waals surface area (Å²) in [5.74, 6) is 0.682. The molecule has 1 saturated heterocycles. The van der Waals surface area contributed by atoms with Gasteiger partial charge in [0.1, 0.15) is 0 Å². The smallest absolute Gasteiger partial charge is 0.225 e. The molecule has 0 aromatic heterocycles. The minimum atomic E-state index is 0. The van der Waals surface area contributed by atoms with Crippen LogP contribution in [-0.4, -0.2) is 30.9 Å². The molecule has 1 heterocycles. The lowest BCUT2D eigenvalue weighted by Gasteiger charge is -2.34. The number of carbonyl (C=O) groups excluding carboxylic acids is 1. The fourth-order valence-electron chi connectivity index (χ4n) is 2.27. The van der Waals surface area contributed by atoms with Crippen molar-refractivity contribution in [1.82, 2.24) is 10.2 Å². The number of halogens is 3. The quantitative estimate of drug-likeness (QED) is 0.915. The number of rotatable bonds is 4. The van der Waals surface area contributed by atoms with E-state index in [0.717, 1.165) is 18.7 Å². The number of nitrogens with one attached hydrogen (secondary N) is 1. The van der Waals surface area contributed by atoms with Crippen LogP contribution in [0.5, 0.6) is 0 Å². The van der Waals surface area contributed by atoms with Crippen LogP contribution < -0.4 is 5.32 Å². The van der Waals surface area contributed by atoms with Crippen LogP contribution in [0.3, 0.4) is 0 Å². The van der Waals surface area contributed by atoms with Gasteiger partial charge in [0.05, 0.1) is 0 Å². The Balaban J connectivity index is 0.00000200. The largest absolute Gasteiger partial charge is 0.341 e. The van der Waals surface area contributed by atoms with Crippen molar-refractivity contribution in [3.63, 3.8) is 0 Å². The van der Waals surface area contributed by atoms with Gasteiger partial charge in [-0.3, -0.25) is 4.79 Å². The predicted molar refractivity (Wildman–Crippen MR) is 85.7 cm³/mol. The Kier molecular flexibility index (Phi) is 6.59. The standard InChI is InChI=1S/C14H18Cl2N2O.ClH/c1-9(11-6-17-7-11)14(19)18(2)8-10-3-12(15)5-13(16)4-10;/h3-5,9,11,17H,6-8H2,1-2H3;1H. The summed E-state index contributed by atoms with van der Waals surface area (Å²) in [6, 6.07) is 5.37.